The molecule has 0 aliphatic carbocycles. The first-order valence-electron chi connectivity index (χ1n) is 20.7. The van der Waals surface area contributed by atoms with Gasteiger partial charge in [0.15, 0.2) is 0 Å². The van der Waals surface area contributed by atoms with Crippen LogP contribution < -0.4 is 10.6 Å². The molecule has 302 valence electrons. The molecule has 0 heterocycles. The molecule has 2 amide bonds. The number of aliphatic hydroxyl groups is 1. The summed E-state index contributed by atoms with van der Waals surface area (Å²) in [7, 11) is 0. The Bertz CT molecular complexity index is 1080. The van der Waals surface area contributed by atoms with Crippen LogP contribution in [0.3, 0.4) is 0 Å². The predicted octanol–water partition coefficient (Wildman–Crippen LogP) is 9.76. The van der Waals surface area contributed by atoms with Crippen molar-refractivity contribution in [3.8, 4) is 0 Å². The van der Waals surface area contributed by atoms with Gasteiger partial charge in [0.25, 0.3) is 0 Å². The van der Waals surface area contributed by atoms with Crippen molar-refractivity contribution < 1.29 is 34.1 Å². The number of esters is 1. The van der Waals surface area contributed by atoms with Crippen LogP contribution in [0.25, 0.3) is 0 Å². The monoisotopic (exact) mass is 743 g/mol. The molecule has 0 aromatic rings. The summed E-state index contributed by atoms with van der Waals surface area (Å²) in [6, 6.07) is -1.38. The fraction of sp³-hybridized carbons (Fsp3) is 0.682. The molecule has 0 saturated carbocycles. The topological polar surface area (TPSA) is 142 Å². The van der Waals surface area contributed by atoms with Gasteiger partial charge in [-0.1, -0.05) is 133 Å². The van der Waals surface area contributed by atoms with E-state index in [1.165, 1.54) is 44.9 Å². The van der Waals surface area contributed by atoms with E-state index in [0.29, 0.717) is 19.3 Å². The van der Waals surface area contributed by atoms with E-state index in [1.807, 2.05) is 0 Å². The third-order valence-corrected chi connectivity index (χ3v) is 8.73. The maximum Gasteiger partial charge on any atom is 0.328 e. The minimum Gasteiger partial charge on any atom is -0.480 e. The average Bonchev–Trinajstić information content (AvgIpc) is 3.14. The molecule has 0 bridgehead atoms. The minimum atomic E-state index is -1.38. The maximum atomic E-state index is 12.7. The Morgan fingerprint density at radius 3 is 1.75 bits per heavy atom. The van der Waals surface area contributed by atoms with Crippen LogP contribution in [-0.4, -0.2) is 59.3 Å². The third kappa shape index (κ3) is 35.3. The summed E-state index contributed by atoms with van der Waals surface area (Å²) in [6.45, 7) is 3.34. The molecule has 0 fully saturated rings. The van der Waals surface area contributed by atoms with E-state index in [2.05, 4.69) is 85.2 Å². The van der Waals surface area contributed by atoms with Gasteiger partial charge in [0.05, 0.1) is 13.2 Å². The molecule has 4 N–H and O–H groups in total. The first kappa shape index (κ1) is 49.5. The highest BCUT2D eigenvalue weighted by molar-refractivity contribution is 5.87. The number of amides is 2. The number of hydrogen-bond acceptors (Lipinski definition) is 6. The van der Waals surface area contributed by atoms with Crippen molar-refractivity contribution in [2.75, 3.05) is 13.2 Å². The van der Waals surface area contributed by atoms with Crippen molar-refractivity contribution >= 4 is 23.8 Å². The molecule has 53 heavy (non-hydrogen) atoms. The molecule has 0 aliphatic heterocycles. The van der Waals surface area contributed by atoms with E-state index in [1.54, 1.807) is 0 Å². The Kier molecular flexibility index (Phi) is 35.8. The summed E-state index contributed by atoms with van der Waals surface area (Å²) in [6.07, 6.45) is 45.5. The number of hydrogen-bond donors (Lipinski definition) is 4. The van der Waals surface area contributed by atoms with Gasteiger partial charge in [-0.3, -0.25) is 14.4 Å². The maximum absolute atomic E-state index is 12.7. The molecule has 0 spiro atoms. The van der Waals surface area contributed by atoms with Crippen LogP contribution in [-0.2, 0) is 23.9 Å². The summed E-state index contributed by atoms with van der Waals surface area (Å²) in [5.41, 5.74) is 0. The van der Waals surface area contributed by atoms with Gasteiger partial charge in [0, 0.05) is 12.8 Å². The number of carboxylic acids is 1. The van der Waals surface area contributed by atoms with Gasteiger partial charge in [-0.2, -0.15) is 0 Å². The number of aliphatic carboxylic acids is 1. The molecule has 0 radical (unpaired) electrons. The van der Waals surface area contributed by atoms with Crippen LogP contribution in [0.4, 0.5) is 0 Å². The highest BCUT2D eigenvalue weighted by atomic mass is 16.5. The first-order valence-corrected chi connectivity index (χ1v) is 20.7. The van der Waals surface area contributed by atoms with Crippen molar-refractivity contribution in [3.05, 3.63) is 60.8 Å². The minimum absolute atomic E-state index is 0.119. The number of nitrogens with one attached hydrogen (secondary N) is 2. The number of unbranched alkanes of at least 4 members (excludes halogenated alkanes) is 14. The van der Waals surface area contributed by atoms with E-state index in [-0.39, 0.29) is 24.5 Å². The number of carbonyl (C=O) groups excluding carboxylic acids is 3. The molecule has 0 aromatic heterocycles. The lowest BCUT2D eigenvalue weighted by Gasteiger charge is -2.15. The summed E-state index contributed by atoms with van der Waals surface area (Å²) < 4.78 is 5.92. The second-order valence-corrected chi connectivity index (χ2v) is 13.7. The van der Waals surface area contributed by atoms with Crippen LogP contribution in [0, 0.1) is 0 Å². The summed E-state index contributed by atoms with van der Waals surface area (Å²) in [4.78, 5) is 47.4. The van der Waals surface area contributed by atoms with Crippen molar-refractivity contribution in [3.63, 3.8) is 0 Å². The quantitative estimate of drug-likeness (QED) is 0.0284. The number of aliphatic hydroxyl groups excluding tert-OH is 1. The Hall–Kier alpha value is -3.46. The predicted molar refractivity (Wildman–Crippen MR) is 217 cm³/mol. The van der Waals surface area contributed by atoms with E-state index in [4.69, 9.17) is 14.9 Å². The standard InChI is InChI=1S/C44H74N2O7/c1-3-5-7-9-11-13-14-15-16-17-18-20-22-28-32-36-43(50)53-39(33-29-25-21-19-12-10-8-6-4-2)34-30-26-23-24-27-31-35-41(48)45-37-42(49)46-40(38-47)44(51)52/h5,7,11,13,15-16,18,20,29,33,39-40,47H,3-4,6,8-10,12,14,17,19,21-28,30-32,34-38H2,1-2H3,(H,45,48)(H,46,49)(H,51,52)/b7-5-,13-11-,16-15-,20-18-,33-29-. The van der Waals surface area contributed by atoms with E-state index in [0.717, 1.165) is 89.9 Å². The number of carboxylic acid groups (broad SMARTS) is 1. The normalized spacial score (nSPS) is 13.1. The van der Waals surface area contributed by atoms with Crippen LogP contribution >= 0.6 is 0 Å². The van der Waals surface area contributed by atoms with Gasteiger partial charge >= 0.3 is 11.9 Å². The van der Waals surface area contributed by atoms with Gasteiger partial charge in [-0.25, -0.2) is 4.79 Å². The summed E-state index contributed by atoms with van der Waals surface area (Å²) in [5.74, 6) is -2.38. The van der Waals surface area contributed by atoms with Crippen LogP contribution in [0.15, 0.2) is 60.8 Å². The van der Waals surface area contributed by atoms with Gasteiger partial charge in [0.1, 0.15) is 12.1 Å². The molecular formula is C44H74N2O7. The molecule has 9 nitrogen and oxygen atoms in total. The first-order chi connectivity index (χ1) is 25.8. The fourth-order valence-electron chi connectivity index (χ4n) is 5.55. The van der Waals surface area contributed by atoms with Gasteiger partial charge in [-0.15, -0.1) is 0 Å². The third-order valence-electron chi connectivity index (χ3n) is 8.73. The molecule has 0 saturated heterocycles. The number of ether oxygens (including phenoxy) is 1. The highest BCUT2D eigenvalue weighted by Crippen LogP contribution is 2.15. The number of carbonyl (C=O) groups is 4. The van der Waals surface area contributed by atoms with Crippen LogP contribution in [0.2, 0.25) is 0 Å². The zero-order chi connectivity index (χ0) is 39.0. The molecule has 2 atom stereocenters. The molecular weight excluding hydrogens is 668 g/mol. The van der Waals surface area contributed by atoms with Crippen molar-refractivity contribution in [2.24, 2.45) is 0 Å². The van der Waals surface area contributed by atoms with Gasteiger partial charge in [0.2, 0.25) is 11.8 Å². The number of rotatable bonds is 36. The van der Waals surface area contributed by atoms with Gasteiger partial charge in [-0.05, 0) is 83.1 Å². The SMILES string of the molecule is CC/C=C\C/C=C\C/C=C\C/C=C\CCCCC(=O)OC(/C=C\CCCCCCCCC)CCCCCCCCC(=O)NCC(=O)NC(CO)C(=O)O. The summed E-state index contributed by atoms with van der Waals surface area (Å²) in [5, 5.41) is 22.5. The largest absolute Gasteiger partial charge is 0.480 e. The molecule has 0 aliphatic rings. The van der Waals surface area contributed by atoms with E-state index in [9.17, 15) is 19.2 Å². The lowest BCUT2D eigenvalue weighted by molar-refractivity contribution is -0.147. The van der Waals surface area contributed by atoms with Crippen LogP contribution in [0.5, 0.6) is 0 Å². The lowest BCUT2D eigenvalue weighted by Crippen LogP contribution is -2.47. The van der Waals surface area contributed by atoms with Gasteiger partial charge < -0.3 is 25.6 Å². The van der Waals surface area contributed by atoms with E-state index >= 15 is 0 Å². The Morgan fingerprint density at radius 2 is 1.13 bits per heavy atom. The smallest absolute Gasteiger partial charge is 0.328 e. The zero-order valence-electron chi connectivity index (χ0n) is 33.2. The fourth-order valence-corrected chi connectivity index (χ4v) is 5.55. The Morgan fingerprint density at radius 1 is 0.604 bits per heavy atom. The molecule has 9 heteroatoms. The molecule has 0 rings (SSSR count). The molecule has 2 unspecified atom stereocenters. The Balaban J connectivity index is 4.37. The van der Waals surface area contributed by atoms with Crippen molar-refractivity contribution in [1.82, 2.24) is 10.6 Å². The highest BCUT2D eigenvalue weighted by Gasteiger charge is 2.18. The molecule has 0 aromatic carbocycles. The second-order valence-electron chi connectivity index (χ2n) is 13.7. The van der Waals surface area contributed by atoms with Crippen LogP contribution in [0.1, 0.15) is 168 Å². The average molecular weight is 743 g/mol. The summed E-state index contributed by atoms with van der Waals surface area (Å²) >= 11 is 0. The van der Waals surface area contributed by atoms with Crippen molar-refractivity contribution in [1.29, 1.82) is 0 Å². The van der Waals surface area contributed by atoms with E-state index < -0.39 is 24.5 Å². The zero-order valence-corrected chi connectivity index (χ0v) is 33.2. The lowest BCUT2D eigenvalue weighted by atomic mass is 10.0. The Labute approximate surface area is 321 Å². The second kappa shape index (κ2) is 38.3. The number of allylic oxidation sites excluding steroid dienone is 9. The van der Waals surface area contributed by atoms with Crippen molar-refractivity contribution in [2.45, 2.75) is 180 Å².